The predicted octanol–water partition coefficient (Wildman–Crippen LogP) is 2.41. The third kappa shape index (κ3) is 6.91. The first-order valence-electron chi connectivity index (χ1n) is 10.8. The SMILES string of the molecule is CCN1CCN(CCNC(=NC)NCCCOc2ccc3ccccc3c2)CC1. The molecule has 0 radical (unpaired) electrons. The number of guanidine groups is 1. The third-order valence-electron chi connectivity index (χ3n) is 5.46. The van der Waals surface area contributed by atoms with Crippen molar-refractivity contribution in [2.45, 2.75) is 13.3 Å². The molecule has 3 rings (SSSR count). The summed E-state index contributed by atoms with van der Waals surface area (Å²) in [5.41, 5.74) is 0. The lowest BCUT2D eigenvalue weighted by atomic mass is 10.1. The summed E-state index contributed by atoms with van der Waals surface area (Å²) < 4.78 is 5.90. The Hall–Kier alpha value is -2.31. The summed E-state index contributed by atoms with van der Waals surface area (Å²) in [6, 6.07) is 14.6. The van der Waals surface area contributed by atoms with Crippen molar-refractivity contribution in [1.82, 2.24) is 20.4 Å². The van der Waals surface area contributed by atoms with Gasteiger partial charge in [0.2, 0.25) is 0 Å². The van der Waals surface area contributed by atoms with Crippen LogP contribution in [0.4, 0.5) is 0 Å². The fraction of sp³-hybridized carbons (Fsp3) is 0.522. The summed E-state index contributed by atoms with van der Waals surface area (Å²) in [5, 5.41) is 9.24. The number of hydrogen-bond donors (Lipinski definition) is 2. The summed E-state index contributed by atoms with van der Waals surface area (Å²) in [4.78, 5) is 9.33. The molecule has 1 aliphatic heterocycles. The smallest absolute Gasteiger partial charge is 0.191 e. The molecule has 0 unspecified atom stereocenters. The summed E-state index contributed by atoms with van der Waals surface area (Å²) in [5.74, 6) is 1.79. The summed E-state index contributed by atoms with van der Waals surface area (Å²) in [6.45, 7) is 11.6. The highest BCUT2D eigenvalue weighted by Gasteiger charge is 2.14. The predicted molar refractivity (Wildman–Crippen MR) is 122 cm³/mol. The van der Waals surface area contributed by atoms with Gasteiger partial charge in [-0.1, -0.05) is 37.3 Å². The number of fused-ring (bicyclic) bond motifs is 1. The van der Waals surface area contributed by atoms with Crippen molar-refractivity contribution in [2.75, 3.05) is 66.0 Å². The first-order chi connectivity index (χ1) is 14.3. The summed E-state index contributed by atoms with van der Waals surface area (Å²) in [6.07, 6.45) is 0.923. The van der Waals surface area contributed by atoms with E-state index in [1.807, 2.05) is 13.1 Å². The van der Waals surface area contributed by atoms with Gasteiger partial charge in [-0.25, -0.2) is 0 Å². The van der Waals surface area contributed by atoms with Crippen molar-refractivity contribution >= 4 is 16.7 Å². The van der Waals surface area contributed by atoms with Crippen LogP contribution < -0.4 is 15.4 Å². The van der Waals surface area contributed by atoms with E-state index >= 15 is 0 Å². The molecule has 29 heavy (non-hydrogen) atoms. The van der Waals surface area contributed by atoms with Crippen molar-refractivity contribution in [2.24, 2.45) is 4.99 Å². The number of ether oxygens (including phenoxy) is 1. The highest BCUT2D eigenvalue weighted by Crippen LogP contribution is 2.20. The normalized spacial score (nSPS) is 16.1. The molecule has 1 fully saturated rings. The molecule has 0 bridgehead atoms. The molecule has 0 spiro atoms. The number of rotatable bonds is 9. The topological polar surface area (TPSA) is 52.1 Å². The van der Waals surface area contributed by atoms with Crippen LogP contribution in [0.1, 0.15) is 13.3 Å². The van der Waals surface area contributed by atoms with E-state index in [0.717, 1.165) is 57.4 Å². The van der Waals surface area contributed by atoms with Crippen LogP contribution in [0.2, 0.25) is 0 Å². The standard InChI is InChI=1S/C23H35N5O/c1-3-27-14-16-28(17-15-27)13-12-26-23(24-2)25-11-6-18-29-22-10-9-20-7-4-5-8-21(20)19-22/h4-5,7-10,19H,3,6,11-18H2,1-2H3,(H2,24,25,26). The van der Waals surface area contributed by atoms with E-state index in [4.69, 9.17) is 4.74 Å². The molecular weight excluding hydrogens is 362 g/mol. The van der Waals surface area contributed by atoms with Crippen LogP contribution in [0.25, 0.3) is 10.8 Å². The number of benzene rings is 2. The van der Waals surface area contributed by atoms with Gasteiger partial charge in [0.25, 0.3) is 0 Å². The van der Waals surface area contributed by atoms with E-state index in [9.17, 15) is 0 Å². The zero-order chi connectivity index (χ0) is 20.3. The van der Waals surface area contributed by atoms with Crippen LogP contribution in [0.15, 0.2) is 47.5 Å². The van der Waals surface area contributed by atoms with Gasteiger partial charge in [-0.3, -0.25) is 9.89 Å². The maximum Gasteiger partial charge on any atom is 0.191 e. The summed E-state index contributed by atoms with van der Waals surface area (Å²) in [7, 11) is 1.82. The Morgan fingerprint density at radius 1 is 0.966 bits per heavy atom. The fourth-order valence-electron chi connectivity index (χ4n) is 3.61. The van der Waals surface area contributed by atoms with Gasteiger partial charge < -0.3 is 20.3 Å². The second-order valence-electron chi connectivity index (χ2n) is 7.41. The van der Waals surface area contributed by atoms with Gasteiger partial charge in [0.1, 0.15) is 5.75 Å². The molecule has 6 nitrogen and oxygen atoms in total. The average Bonchev–Trinajstić information content (AvgIpc) is 2.78. The Labute approximate surface area is 174 Å². The monoisotopic (exact) mass is 397 g/mol. The molecule has 2 N–H and O–H groups in total. The van der Waals surface area contributed by atoms with Gasteiger partial charge in [0.05, 0.1) is 6.61 Å². The van der Waals surface area contributed by atoms with Crippen LogP contribution in [0.3, 0.4) is 0 Å². The maximum absolute atomic E-state index is 5.90. The Bertz CT molecular complexity index is 771. The minimum atomic E-state index is 0.685. The largest absolute Gasteiger partial charge is 0.494 e. The quantitative estimate of drug-likeness (QED) is 0.387. The van der Waals surface area contributed by atoms with Crippen LogP contribution in [-0.4, -0.2) is 81.8 Å². The van der Waals surface area contributed by atoms with Crippen molar-refractivity contribution in [3.8, 4) is 5.75 Å². The lowest BCUT2D eigenvalue weighted by molar-refractivity contribution is 0.139. The molecule has 2 aromatic carbocycles. The van der Waals surface area contributed by atoms with Crippen molar-refractivity contribution in [1.29, 1.82) is 0 Å². The molecular formula is C23H35N5O. The van der Waals surface area contributed by atoms with Crippen LogP contribution in [-0.2, 0) is 0 Å². The molecule has 1 saturated heterocycles. The van der Waals surface area contributed by atoms with Gasteiger partial charge in [0, 0.05) is 52.9 Å². The van der Waals surface area contributed by atoms with Gasteiger partial charge in [-0.15, -0.1) is 0 Å². The number of aliphatic imine (C=N–C) groups is 1. The van der Waals surface area contributed by atoms with Crippen LogP contribution in [0, 0.1) is 0 Å². The van der Waals surface area contributed by atoms with Crippen LogP contribution >= 0.6 is 0 Å². The van der Waals surface area contributed by atoms with Crippen LogP contribution in [0.5, 0.6) is 5.75 Å². The lowest BCUT2D eigenvalue weighted by Gasteiger charge is -2.34. The van der Waals surface area contributed by atoms with Gasteiger partial charge in [-0.2, -0.15) is 0 Å². The summed E-state index contributed by atoms with van der Waals surface area (Å²) >= 11 is 0. The Kier molecular flexibility index (Phi) is 8.58. The molecule has 6 heteroatoms. The van der Waals surface area contributed by atoms with E-state index in [-0.39, 0.29) is 0 Å². The zero-order valence-corrected chi connectivity index (χ0v) is 17.9. The number of piperazine rings is 1. The molecule has 0 saturated carbocycles. The molecule has 1 heterocycles. The van der Waals surface area contributed by atoms with E-state index < -0.39 is 0 Å². The van der Waals surface area contributed by atoms with E-state index in [1.54, 1.807) is 0 Å². The molecule has 158 valence electrons. The minimum absolute atomic E-state index is 0.685. The molecule has 0 aromatic heterocycles. The van der Waals surface area contributed by atoms with E-state index in [0.29, 0.717) is 6.61 Å². The molecule has 2 aromatic rings. The zero-order valence-electron chi connectivity index (χ0n) is 17.9. The Balaban J connectivity index is 1.27. The molecule has 0 amide bonds. The van der Waals surface area contributed by atoms with E-state index in [1.165, 1.54) is 23.9 Å². The number of likely N-dealkylation sites (N-methyl/N-ethyl adjacent to an activating group) is 1. The second-order valence-corrected chi connectivity index (χ2v) is 7.41. The van der Waals surface area contributed by atoms with Crippen molar-refractivity contribution in [3.63, 3.8) is 0 Å². The third-order valence-corrected chi connectivity index (χ3v) is 5.46. The highest BCUT2D eigenvalue weighted by atomic mass is 16.5. The lowest BCUT2D eigenvalue weighted by Crippen LogP contribution is -2.49. The van der Waals surface area contributed by atoms with Crippen molar-refractivity contribution < 1.29 is 4.74 Å². The maximum atomic E-state index is 5.90. The van der Waals surface area contributed by atoms with Crippen molar-refractivity contribution in [3.05, 3.63) is 42.5 Å². The van der Waals surface area contributed by atoms with Gasteiger partial charge >= 0.3 is 0 Å². The van der Waals surface area contributed by atoms with Gasteiger partial charge in [0.15, 0.2) is 5.96 Å². The number of nitrogens with zero attached hydrogens (tertiary/aromatic N) is 3. The number of hydrogen-bond acceptors (Lipinski definition) is 4. The van der Waals surface area contributed by atoms with Gasteiger partial charge in [-0.05, 0) is 35.9 Å². The first-order valence-corrected chi connectivity index (χ1v) is 10.8. The first kappa shape index (κ1) is 21.4. The molecule has 0 aliphatic carbocycles. The molecule has 1 aliphatic rings. The Morgan fingerprint density at radius 2 is 1.69 bits per heavy atom. The fourth-order valence-corrected chi connectivity index (χ4v) is 3.61. The molecule has 0 atom stereocenters. The Morgan fingerprint density at radius 3 is 2.45 bits per heavy atom. The number of nitrogens with one attached hydrogen (secondary N) is 2. The highest BCUT2D eigenvalue weighted by molar-refractivity contribution is 5.83. The minimum Gasteiger partial charge on any atom is -0.494 e. The average molecular weight is 398 g/mol. The second kappa shape index (κ2) is 11.6. The van der Waals surface area contributed by atoms with E-state index in [2.05, 4.69) is 68.7 Å².